The number of hydrogen-bond donors (Lipinski definition) is 2. The van der Waals surface area contributed by atoms with E-state index in [9.17, 15) is 4.79 Å². The lowest BCUT2D eigenvalue weighted by atomic mass is 10.1. The van der Waals surface area contributed by atoms with Crippen LogP contribution in [0, 0.1) is 0 Å². The topological polar surface area (TPSA) is 73.6 Å². The third-order valence-electron chi connectivity index (χ3n) is 2.94. The number of benzene rings is 1. The molecule has 0 saturated carbocycles. The number of carbonyl (C=O) groups excluding carboxylic acids is 1. The van der Waals surface area contributed by atoms with Gasteiger partial charge >= 0.3 is 0 Å². The molecule has 0 bridgehead atoms. The second-order valence-electron chi connectivity index (χ2n) is 5.47. The van der Waals surface area contributed by atoms with E-state index in [1.54, 1.807) is 0 Å². The number of ether oxygens (including phenoxy) is 2. The maximum Gasteiger partial charge on any atom is 0.220 e. The molecule has 0 unspecified atom stereocenters. The first-order valence-corrected chi connectivity index (χ1v) is 7.34. The molecule has 0 radical (unpaired) electrons. The van der Waals surface area contributed by atoms with Gasteiger partial charge in [0.1, 0.15) is 0 Å². The number of rotatable bonds is 9. The van der Waals surface area contributed by atoms with Crippen molar-refractivity contribution in [1.29, 1.82) is 0 Å². The van der Waals surface area contributed by atoms with E-state index in [2.05, 4.69) is 5.32 Å². The van der Waals surface area contributed by atoms with Crippen LogP contribution in [0.4, 0.5) is 0 Å². The molecule has 0 saturated heterocycles. The number of para-hydroxylation sites is 2. The van der Waals surface area contributed by atoms with Crippen molar-refractivity contribution in [3.63, 3.8) is 0 Å². The normalized spacial score (nSPS) is 11.0. The minimum Gasteiger partial charge on any atom is -0.490 e. The standard InChI is InChI=1S/C16H26N2O3/c1-4-20-13-8-5-6-9-14(13)21-11-7-10-15(19)18-16(2,3)12-17/h5-6,8-9H,4,7,10-12,17H2,1-3H3,(H,18,19). The Labute approximate surface area is 126 Å². The van der Waals surface area contributed by atoms with Crippen molar-refractivity contribution in [2.75, 3.05) is 19.8 Å². The zero-order valence-corrected chi connectivity index (χ0v) is 13.1. The van der Waals surface area contributed by atoms with Gasteiger partial charge in [0.05, 0.1) is 13.2 Å². The smallest absolute Gasteiger partial charge is 0.220 e. The fourth-order valence-corrected chi connectivity index (χ4v) is 1.75. The zero-order chi connectivity index (χ0) is 15.7. The second kappa shape index (κ2) is 8.52. The van der Waals surface area contributed by atoms with Gasteiger partial charge in [-0.1, -0.05) is 12.1 Å². The predicted molar refractivity (Wildman–Crippen MR) is 83.6 cm³/mol. The molecule has 0 aliphatic rings. The predicted octanol–water partition coefficient (Wildman–Crippen LogP) is 2.10. The summed E-state index contributed by atoms with van der Waals surface area (Å²) in [4.78, 5) is 11.8. The Morgan fingerprint density at radius 2 is 1.86 bits per heavy atom. The van der Waals surface area contributed by atoms with Crippen LogP contribution in [0.25, 0.3) is 0 Å². The fraction of sp³-hybridized carbons (Fsp3) is 0.562. The van der Waals surface area contributed by atoms with Crippen molar-refractivity contribution in [3.8, 4) is 11.5 Å². The molecule has 3 N–H and O–H groups in total. The summed E-state index contributed by atoms with van der Waals surface area (Å²) < 4.78 is 11.1. The molecule has 5 heteroatoms. The van der Waals surface area contributed by atoms with Gasteiger partial charge in [-0.3, -0.25) is 4.79 Å². The average molecular weight is 294 g/mol. The highest BCUT2D eigenvalue weighted by Gasteiger charge is 2.17. The summed E-state index contributed by atoms with van der Waals surface area (Å²) in [5.41, 5.74) is 5.22. The quantitative estimate of drug-likeness (QED) is 0.684. The van der Waals surface area contributed by atoms with E-state index in [-0.39, 0.29) is 11.4 Å². The lowest BCUT2D eigenvalue weighted by Crippen LogP contribution is -2.48. The van der Waals surface area contributed by atoms with Gasteiger partial charge < -0.3 is 20.5 Å². The number of nitrogens with one attached hydrogen (secondary N) is 1. The van der Waals surface area contributed by atoms with Gasteiger partial charge in [-0.2, -0.15) is 0 Å². The number of hydrogen-bond acceptors (Lipinski definition) is 4. The monoisotopic (exact) mass is 294 g/mol. The molecule has 21 heavy (non-hydrogen) atoms. The number of nitrogens with two attached hydrogens (primary N) is 1. The highest BCUT2D eigenvalue weighted by atomic mass is 16.5. The minimum atomic E-state index is -0.362. The van der Waals surface area contributed by atoms with E-state index in [0.717, 1.165) is 5.75 Å². The Morgan fingerprint density at radius 1 is 1.24 bits per heavy atom. The maximum absolute atomic E-state index is 11.8. The lowest BCUT2D eigenvalue weighted by molar-refractivity contribution is -0.122. The Bertz CT molecular complexity index is 447. The zero-order valence-electron chi connectivity index (χ0n) is 13.1. The van der Waals surface area contributed by atoms with Crippen LogP contribution >= 0.6 is 0 Å². The van der Waals surface area contributed by atoms with Crippen molar-refractivity contribution < 1.29 is 14.3 Å². The summed E-state index contributed by atoms with van der Waals surface area (Å²) in [6, 6.07) is 7.53. The number of amides is 1. The summed E-state index contributed by atoms with van der Waals surface area (Å²) in [5, 5.41) is 2.89. The van der Waals surface area contributed by atoms with E-state index >= 15 is 0 Å². The molecule has 0 spiro atoms. The molecule has 0 aromatic heterocycles. The first kappa shape index (κ1) is 17.3. The molecule has 0 fully saturated rings. The second-order valence-corrected chi connectivity index (χ2v) is 5.47. The summed E-state index contributed by atoms with van der Waals surface area (Å²) in [5.74, 6) is 1.43. The molecule has 1 amide bonds. The van der Waals surface area contributed by atoms with E-state index in [1.807, 2.05) is 45.0 Å². The van der Waals surface area contributed by atoms with Gasteiger partial charge in [-0.25, -0.2) is 0 Å². The Balaban J connectivity index is 2.33. The molecule has 0 atom stereocenters. The van der Waals surface area contributed by atoms with Crippen LogP contribution in [0.3, 0.4) is 0 Å². The van der Waals surface area contributed by atoms with Crippen LogP contribution in [0.2, 0.25) is 0 Å². The van der Waals surface area contributed by atoms with Gasteiger partial charge in [0.25, 0.3) is 0 Å². The van der Waals surface area contributed by atoms with E-state index in [1.165, 1.54) is 0 Å². The lowest BCUT2D eigenvalue weighted by Gasteiger charge is -2.24. The molecular weight excluding hydrogens is 268 g/mol. The van der Waals surface area contributed by atoms with Gasteiger partial charge in [0.15, 0.2) is 11.5 Å². The van der Waals surface area contributed by atoms with Gasteiger partial charge in [-0.05, 0) is 39.3 Å². The molecule has 1 rings (SSSR count). The summed E-state index contributed by atoms with van der Waals surface area (Å²) in [6.07, 6.45) is 1.06. The summed E-state index contributed by atoms with van der Waals surface area (Å²) in [6.45, 7) is 7.22. The van der Waals surface area contributed by atoms with Crippen molar-refractivity contribution in [2.24, 2.45) is 5.73 Å². The summed E-state index contributed by atoms with van der Waals surface area (Å²) >= 11 is 0. The van der Waals surface area contributed by atoms with E-state index < -0.39 is 0 Å². The van der Waals surface area contributed by atoms with E-state index in [0.29, 0.717) is 38.3 Å². The minimum absolute atomic E-state index is 0.00727. The average Bonchev–Trinajstić information content (AvgIpc) is 2.45. The van der Waals surface area contributed by atoms with Crippen LogP contribution < -0.4 is 20.5 Å². The van der Waals surface area contributed by atoms with Gasteiger partial charge in [0.2, 0.25) is 5.91 Å². The molecule has 0 aliphatic carbocycles. The molecule has 0 aliphatic heterocycles. The highest BCUT2D eigenvalue weighted by Crippen LogP contribution is 2.26. The van der Waals surface area contributed by atoms with Crippen LogP contribution in [-0.2, 0) is 4.79 Å². The molecule has 1 aromatic rings. The van der Waals surface area contributed by atoms with Crippen LogP contribution in [0.1, 0.15) is 33.6 Å². The first-order chi connectivity index (χ1) is 9.98. The molecule has 118 valence electrons. The van der Waals surface area contributed by atoms with E-state index in [4.69, 9.17) is 15.2 Å². The maximum atomic E-state index is 11.8. The molecule has 1 aromatic carbocycles. The molecular formula is C16H26N2O3. The Hall–Kier alpha value is -1.75. The van der Waals surface area contributed by atoms with Crippen molar-refractivity contribution >= 4 is 5.91 Å². The summed E-state index contributed by atoms with van der Waals surface area (Å²) in [7, 11) is 0. The van der Waals surface area contributed by atoms with Crippen molar-refractivity contribution in [3.05, 3.63) is 24.3 Å². The van der Waals surface area contributed by atoms with Gasteiger partial charge in [-0.15, -0.1) is 0 Å². The fourth-order valence-electron chi connectivity index (χ4n) is 1.75. The molecule has 5 nitrogen and oxygen atoms in total. The van der Waals surface area contributed by atoms with Crippen LogP contribution in [-0.4, -0.2) is 31.2 Å². The molecule has 0 heterocycles. The van der Waals surface area contributed by atoms with Gasteiger partial charge in [0, 0.05) is 18.5 Å². The Kier molecular flexibility index (Phi) is 7.02. The van der Waals surface area contributed by atoms with Crippen molar-refractivity contribution in [1.82, 2.24) is 5.32 Å². The highest BCUT2D eigenvalue weighted by molar-refractivity contribution is 5.76. The third kappa shape index (κ3) is 6.49. The largest absolute Gasteiger partial charge is 0.490 e. The van der Waals surface area contributed by atoms with Crippen LogP contribution in [0.5, 0.6) is 11.5 Å². The van der Waals surface area contributed by atoms with Crippen molar-refractivity contribution in [2.45, 2.75) is 39.2 Å². The first-order valence-electron chi connectivity index (χ1n) is 7.34. The number of carbonyl (C=O) groups is 1. The third-order valence-corrected chi connectivity index (χ3v) is 2.94. The SMILES string of the molecule is CCOc1ccccc1OCCCC(=O)NC(C)(C)CN. The van der Waals surface area contributed by atoms with Crippen LogP contribution in [0.15, 0.2) is 24.3 Å². The Morgan fingerprint density at radius 3 is 2.43 bits per heavy atom.